The third-order valence-corrected chi connectivity index (χ3v) is 4.34. The van der Waals surface area contributed by atoms with Crippen LogP contribution in [0.4, 0.5) is 11.4 Å². The molecule has 0 aliphatic rings. The van der Waals surface area contributed by atoms with Gasteiger partial charge in [0.2, 0.25) is 10.0 Å². The Bertz CT molecular complexity index is 885. The number of carbonyl (C=O) groups excluding carboxylic acids is 1. The van der Waals surface area contributed by atoms with Gasteiger partial charge in [0.05, 0.1) is 24.1 Å². The summed E-state index contributed by atoms with van der Waals surface area (Å²) in [5.41, 5.74) is 1.03. The molecule has 3 N–H and O–H groups in total. The summed E-state index contributed by atoms with van der Waals surface area (Å²) in [5.74, 6) is 0.276. The fraction of sp³-hybridized carbons (Fsp3) is 0.350. The van der Waals surface area contributed by atoms with Gasteiger partial charge in [0, 0.05) is 25.4 Å². The summed E-state index contributed by atoms with van der Waals surface area (Å²) in [6.45, 7) is 5.34. The standard InChI is InChI=1S/C20H27N3O5S/c1-3-27-14-12-21-13-15-28-17-10-8-16(9-11-17)22-20(24)18-6-4-5-7-19(18)23-29(2,25)26/h4-11,21,23H,3,12-15H2,1-2H3,(H,22,24). The normalized spacial score (nSPS) is 11.1. The SMILES string of the molecule is CCOCCNCCOc1ccc(NC(=O)c2ccccc2NS(C)(=O)=O)cc1. The van der Waals surface area contributed by atoms with E-state index in [1.165, 1.54) is 6.07 Å². The van der Waals surface area contributed by atoms with Gasteiger partial charge in [-0.1, -0.05) is 12.1 Å². The summed E-state index contributed by atoms with van der Waals surface area (Å²) in [6, 6.07) is 13.4. The summed E-state index contributed by atoms with van der Waals surface area (Å²) >= 11 is 0. The Balaban J connectivity index is 1.86. The average Bonchev–Trinajstić information content (AvgIpc) is 2.67. The van der Waals surface area contributed by atoms with Crippen LogP contribution in [0.25, 0.3) is 0 Å². The zero-order valence-electron chi connectivity index (χ0n) is 16.6. The van der Waals surface area contributed by atoms with Gasteiger partial charge in [-0.2, -0.15) is 0 Å². The molecular formula is C20H27N3O5S. The highest BCUT2D eigenvalue weighted by atomic mass is 32.2. The van der Waals surface area contributed by atoms with E-state index in [0.717, 1.165) is 12.8 Å². The van der Waals surface area contributed by atoms with Crippen molar-refractivity contribution in [2.75, 3.05) is 49.2 Å². The van der Waals surface area contributed by atoms with Crippen molar-refractivity contribution in [1.82, 2.24) is 5.32 Å². The summed E-state index contributed by atoms with van der Waals surface area (Å²) in [5, 5.41) is 5.96. The van der Waals surface area contributed by atoms with Gasteiger partial charge in [0.15, 0.2) is 0 Å². The molecule has 9 heteroatoms. The predicted octanol–water partition coefficient (Wildman–Crippen LogP) is 2.32. The van der Waals surface area contributed by atoms with E-state index in [-0.39, 0.29) is 11.3 Å². The number of ether oxygens (including phenoxy) is 2. The maximum Gasteiger partial charge on any atom is 0.257 e. The monoisotopic (exact) mass is 421 g/mol. The zero-order chi connectivity index (χ0) is 21.1. The molecule has 2 aromatic rings. The van der Waals surface area contributed by atoms with Crippen molar-refractivity contribution in [3.05, 3.63) is 54.1 Å². The molecule has 0 saturated heterocycles. The number of benzene rings is 2. The first-order chi connectivity index (χ1) is 13.9. The van der Waals surface area contributed by atoms with Crippen molar-refractivity contribution in [3.8, 4) is 5.75 Å². The zero-order valence-corrected chi connectivity index (χ0v) is 17.4. The van der Waals surface area contributed by atoms with Crippen molar-refractivity contribution >= 4 is 27.3 Å². The summed E-state index contributed by atoms with van der Waals surface area (Å²) in [6.07, 6.45) is 1.04. The molecule has 0 fully saturated rings. The molecule has 1 amide bonds. The van der Waals surface area contributed by atoms with Gasteiger partial charge in [0.25, 0.3) is 5.91 Å². The van der Waals surface area contributed by atoms with Crippen molar-refractivity contribution in [3.63, 3.8) is 0 Å². The molecule has 0 heterocycles. The van der Waals surface area contributed by atoms with Crippen LogP contribution in [0.2, 0.25) is 0 Å². The van der Waals surface area contributed by atoms with E-state index in [1.807, 2.05) is 6.92 Å². The van der Waals surface area contributed by atoms with Gasteiger partial charge in [-0.25, -0.2) is 8.42 Å². The van der Waals surface area contributed by atoms with E-state index >= 15 is 0 Å². The Hall–Kier alpha value is -2.62. The Labute approximate surface area is 171 Å². The van der Waals surface area contributed by atoms with Crippen LogP contribution < -0.4 is 20.1 Å². The summed E-state index contributed by atoms with van der Waals surface area (Å²) in [7, 11) is -3.49. The van der Waals surface area contributed by atoms with Crippen LogP contribution in [0.5, 0.6) is 5.75 Å². The smallest absolute Gasteiger partial charge is 0.257 e. The van der Waals surface area contributed by atoms with Crippen LogP contribution >= 0.6 is 0 Å². The van der Waals surface area contributed by atoms with Crippen LogP contribution in [0.15, 0.2) is 48.5 Å². The number of anilines is 2. The third kappa shape index (κ3) is 8.51. The number of amides is 1. The molecule has 0 atom stereocenters. The lowest BCUT2D eigenvalue weighted by Crippen LogP contribution is -2.25. The van der Waals surface area contributed by atoms with Gasteiger partial charge < -0.3 is 20.1 Å². The lowest BCUT2D eigenvalue weighted by Gasteiger charge is -2.12. The Morgan fingerprint density at radius 1 is 1.00 bits per heavy atom. The molecule has 0 aliphatic carbocycles. The molecule has 0 aromatic heterocycles. The summed E-state index contributed by atoms with van der Waals surface area (Å²) < 4.78 is 36.2. The first kappa shape index (κ1) is 22.7. The number of hydrogen-bond acceptors (Lipinski definition) is 6. The molecule has 29 heavy (non-hydrogen) atoms. The van der Waals surface area contributed by atoms with Gasteiger partial charge >= 0.3 is 0 Å². The highest BCUT2D eigenvalue weighted by Gasteiger charge is 2.13. The number of carbonyl (C=O) groups is 1. The first-order valence-electron chi connectivity index (χ1n) is 9.28. The molecule has 0 spiro atoms. The Morgan fingerprint density at radius 2 is 1.69 bits per heavy atom. The van der Waals surface area contributed by atoms with Crippen LogP contribution in [0.3, 0.4) is 0 Å². The predicted molar refractivity (Wildman–Crippen MR) is 114 cm³/mol. The minimum absolute atomic E-state index is 0.226. The van der Waals surface area contributed by atoms with E-state index < -0.39 is 15.9 Å². The van der Waals surface area contributed by atoms with Crippen molar-refractivity contribution in [1.29, 1.82) is 0 Å². The molecule has 0 aliphatic heterocycles. The van der Waals surface area contributed by atoms with Crippen LogP contribution in [0.1, 0.15) is 17.3 Å². The quantitative estimate of drug-likeness (QED) is 0.454. The molecule has 0 unspecified atom stereocenters. The van der Waals surface area contributed by atoms with Crippen LogP contribution in [0, 0.1) is 0 Å². The van der Waals surface area contributed by atoms with Crippen molar-refractivity contribution < 1.29 is 22.7 Å². The number of sulfonamides is 1. The van der Waals surface area contributed by atoms with Gasteiger partial charge in [0.1, 0.15) is 12.4 Å². The van der Waals surface area contributed by atoms with Gasteiger partial charge in [-0.15, -0.1) is 0 Å². The van der Waals surface area contributed by atoms with Crippen LogP contribution in [-0.2, 0) is 14.8 Å². The minimum atomic E-state index is -3.49. The van der Waals surface area contributed by atoms with Gasteiger partial charge in [-0.3, -0.25) is 9.52 Å². The second-order valence-corrected chi connectivity index (χ2v) is 7.94. The fourth-order valence-corrected chi connectivity index (χ4v) is 3.03. The lowest BCUT2D eigenvalue weighted by atomic mass is 10.1. The van der Waals surface area contributed by atoms with E-state index in [0.29, 0.717) is 37.8 Å². The topological polar surface area (TPSA) is 106 Å². The molecule has 8 nitrogen and oxygen atoms in total. The maximum absolute atomic E-state index is 12.5. The molecule has 0 saturated carbocycles. The molecule has 0 radical (unpaired) electrons. The molecule has 2 aromatic carbocycles. The maximum atomic E-state index is 12.5. The second kappa shape index (κ2) is 11.4. The molecule has 2 rings (SSSR count). The van der Waals surface area contributed by atoms with E-state index in [1.54, 1.807) is 42.5 Å². The lowest BCUT2D eigenvalue weighted by molar-refractivity contribution is 0.102. The number of rotatable bonds is 12. The minimum Gasteiger partial charge on any atom is -0.492 e. The van der Waals surface area contributed by atoms with E-state index in [2.05, 4.69) is 15.4 Å². The van der Waals surface area contributed by atoms with Crippen molar-refractivity contribution in [2.45, 2.75) is 6.92 Å². The molecular weight excluding hydrogens is 394 g/mol. The molecule has 158 valence electrons. The fourth-order valence-electron chi connectivity index (χ4n) is 2.46. The summed E-state index contributed by atoms with van der Waals surface area (Å²) in [4.78, 5) is 12.5. The van der Waals surface area contributed by atoms with Crippen molar-refractivity contribution in [2.24, 2.45) is 0 Å². The number of para-hydroxylation sites is 1. The highest BCUT2D eigenvalue weighted by Crippen LogP contribution is 2.20. The highest BCUT2D eigenvalue weighted by molar-refractivity contribution is 7.92. The number of hydrogen-bond donors (Lipinski definition) is 3. The van der Waals surface area contributed by atoms with E-state index in [4.69, 9.17) is 9.47 Å². The largest absolute Gasteiger partial charge is 0.492 e. The average molecular weight is 422 g/mol. The number of nitrogens with one attached hydrogen (secondary N) is 3. The second-order valence-electron chi connectivity index (χ2n) is 6.19. The molecule has 0 bridgehead atoms. The van der Waals surface area contributed by atoms with Crippen LogP contribution in [-0.4, -0.2) is 53.5 Å². The van der Waals surface area contributed by atoms with Gasteiger partial charge in [-0.05, 0) is 43.3 Å². The van der Waals surface area contributed by atoms with E-state index in [9.17, 15) is 13.2 Å². The Morgan fingerprint density at radius 3 is 2.38 bits per heavy atom. The first-order valence-corrected chi connectivity index (χ1v) is 11.2. The Kier molecular flexibility index (Phi) is 8.91. The third-order valence-electron chi connectivity index (χ3n) is 3.75.